The van der Waals surface area contributed by atoms with Gasteiger partial charge in [0.15, 0.2) is 5.65 Å². The SMILES string of the molecule is Cn1cc(CN2CCCN(c3ccc4nccnc4n3)CC2)cn1. The van der Waals surface area contributed by atoms with Crippen molar-refractivity contribution in [3.8, 4) is 0 Å². The van der Waals surface area contributed by atoms with Crippen LogP contribution in [0.2, 0.25) is 0 Å². The van der Waals surface area contributed by atoms with Crippen LogP contribution in [0.25, 0.3) is 11.2 Å². The number of hydrogen-bond acceptors (Lipinski definition) is 6. The molecule has 4 rings (SSSR count). The third kappa shape index (κ3) is 3.21. The summed E-state index contributed by atoms with van der Waals surface area (Å²) in [6.45, 7) is 5.06. The Kier molecular flexibility index (Phi) is 4.08. The lowest BCUT2D eigenvalue weighted by molar-refractivity contribution is 0.285. The summed E-state index contributed by atoms with van der Waals surface area (Å²) in [6, 6.07) is 4.05. The van der Waals surface area contributed by atoms with Gasteiger partial charge in [0, 0.05) is 63.9 Å². The lowest BCUT2D eigenvalue weighted by atomic mass is 10.3. The predicted molar refractivity (Wildman–Crippen MR) is 92.6 cm³/mol. The first-order chi connectivity index (χ1) is 11.8. The second-order valence-corrected chi connectivity index (χ2v) is 6.21. The monoisotopic (exact) mass is 323 g/mol. The highest BCUT2D eigenvalue weighted by Gasteiger charge is 2.17. The van der Waals surface area contributed by atoms with Gasteiger partial charge in [-0.05, 0) is 18.6 Å². The molecule has 0 atom stereocenters. The van der Waals surface area contributed by atoms with Gasteiger partial charge in [-0.25, -0.2) is 9.97 Å². The highest BCUT2D eigenvalue weighted by atomic mass is 15.3. The van der Waals surface area contributed by atoms with Crippen LogP contribution < -0.4 is 4.90 Å². The van der Waals surface area contributed by atoms with Gasteiger partial charge in [-0.2, -0.15) is 5.10 Å². The molecule has 0 saturated carbocycles. The minimum absolute atomic E-state index is 0.714. The van der Waals surface area contributed by atoms with Gasteiger partial charge >= 0.3 is 0 Å². The molecule has 0 bridgehead atoms. The molecule has 0 aliphatic carbocycles. The predicted octanol–water partition coefficient (Wildman–Crippen LogP) is 1.47. The molecule has 24 heavy (non-hydrogen) atoms. The fourth-order valence-electron chi connectivity index (χ4n) is 3.19. The van der Waals surface area contributed by atoms with E-state index in [9.17, 15) is 0 Å². The molecule has 1 saturated heterocycles. The molecule has 7 heteroatoms. The van der Waals surface area contributed by atoms with E-state index in [-0.39, 0.29) is 0 Å². The normalized spacial score (nSPS) is 16.5. The Morgan fingerprint density at radius 3 is 2.83 bits per heavy atom. The number of anilines is 1. The Labute approximate surface area is 141 Å². The van der Waals surface area contributed by atoms with E-state index in [1.165, 1.54) is 5.56 Å². The second kappa shape index (κ2) is 6.52. The maximum Gasteiger partial charge on any atom is 0.180 e. The van der Waals surface area contributed by atoms with E-state index < -0.39 is 0 Å². The summed E-state index contributed by atoms with van der Waals surface area (Å²) in [5, 5.41) is 4.25. The molecular formula is C17H21N7. The Bertz CT molecular complexity index is 828. The smallest absolute Gasteiger partial charge is 0.180 e. The van der Waals surface area contributed by atoms with Crippen molar-refractivity contribution < 1.29 is 0 Å². The van der Waals surface area contributed by atoms with E-state index >= 15 is 0 Å². The minimum atomic E-state index is 0.714. The number of aromatic nitrogens is 5. The van der Waals surface area contributed by atoms with E-state index in [0.29, 0.717) is 5.65 Å². The molecule has 124 valence electrons. The van der Waals surface area contributed by atoms with Crippen LogP contribution in [-0.2, 0) is 13.6 Å². The van der Waals surface area contributed by atoms with Gasteiger partial charge in [-0.3, -0.25) is 14.6 Å². The van der Waals surface area contributed by atoms with E-state index in [1.54, 1.807) is 12.4 Å². The number of pyridine rings is 1. The summed E-state index contributed by atoms with van der Waals surface area (Å²) in [7, 11) is 1.96. The largest absolute Gasteiger partial charge is 0.355 e. The molecule has 0 aromatic carbocycles. The van der Waals surface area contributed by atoms with Crippen LogP contribution in [0, 0.1) is 0 Å². The first kappa shape index (κ1) is 15.0. The first-order valence-corrected chi connectivity index (χ1v) is 8.30. The summed E-state index contributed by atoms with van der Waals surface area (Å²) in [5.74, 6) is 0.992. The average molecular weight is 323 g/mol. The topological polar surface area (TPSA) is 63.0 Å². The van der Waals surface area contributed by atoms with Crippen LogP contribution in [0.4, 0.5) is 5.82 Å². The Morgan fingerprint density at radius 1 is 1.04 bits per heavy atom. The number of fused-ring (bicyclic) bond motifs is 1. The summed E-state index contributed by atoms with van der Waals surface area (Å²) < 4.78 is 1.86. The van der Waals surface area contributed by atoms with Gasteiger partial charge in [0.1, 0.15) is 11.3 Å². The molecule has 7 nitrogen and oxygen atoms in total. The van der Waals surface area contributed by atoms with Crippen molar-refractivity contribution in [2.45, 2.75) is 13.0 Å². The van der Waals surface area contributed by atoms with E-state index in [0.717, 1.165) is 50.5 Å². The fraction of sp³-hybridized carbons (Fsp3) is 0.412. The van der Waals surface area contributed by atoms with Crippen LogP contribution >= 0.6 is 0 Å². The number of rotatable bonds is 3. The molecule has 0 unspecified atom stereocenters. The van der Waals surface area contributed by atoms with Gasteiger partial charge in [-0.15, -0.1) is 0 Å². The van der Waals surface area contributed by atoms with Crippen LogP contribution in [0.3, 0.4) is 0 Å². The summed E-state index contributed by atoms with van der Waals surface area (Å²) in [4.78, 5) is 18.1. The molecule has 0 amide bonds. The van der Waals surface area contributed by atoms with Gasteiger partial charge in [0.2, 0.25) is 0 Å². The number of hydrogen-bond donors (Lipinski definition) is 0. The highest BCUT2D eigenvalue weighted by molar-refractivity contribution is 5.71. The zero-order valence-corrected chi connectivity index (χ0v) is 13.8. The van der Waals surface area contributed by atoms with Crippen LogP contribution in [0.5, 0.6) is 0 Å². The fourth-order valence-corrected chi connectivity index (χ4v) is 3.19. The standard InChI is InChI=1S/C17H21N7/c1-22-12-14(11-20-22)13-23-7-2-8-24(10-9-23)16-4-3-15-17(21-16)19-6-5-18-15/h3-6,11-12H,2,7-10,13H2,1H3. The van der Waals surface area contributed by atoms with Crippen molar-refractivity contribution >= 4 is 17.0 Å². The van der Waals surface area contributed by atoms with Gasteiger partial charge < -0.3 is 4.90 Å². The lowest BCUT2D eigenvalue weighted by Crippen LogP contribution is -2.30. The average Bonchev–Trinajstić information content (AvgIpc) is 2.87. The first-order valence-electron chi connectivity index (χ1n) is 8.30. The minimum Gasteiger partial charge on any atom is -0.355 e. The Balaban J connectivity index is 1.45. The van der Waals surface area contributed by atoms with Gasteiger partial charge in [0.05, 0.1) is 6.20 Å². The summed E-state index contributed by atoms with van der Waals surface area (Å²) in [5.41, 5.74) is 2.82. The maximum atomic E-state index is 4.67. The molecule has 0 N–H and O–H groups in total. The van der Waals surface area contributed by atoms with E-state index in [4.69, 9.17) is 0 Å². The number of nitrogens with zero attached hydrogens (tertiary/aromatic N) is 7. The molecule has 1 aliphatic rings. The summed E-state index contributed by atoms with van der Waals surface area (Å²) in [6.07, 6.45) is 8.56. The van der Waals surface area contributed by atoms with Crippen molar-refractivity contribution in [1.82, 2.24) is 29.6 Å². The van der Waals surface area contributed by atoms with Crippen molar-refractivity contribution in [2.75, 3.05) is 31.1 Å². The van der Waals surface area contributed by atoms with Crippen LogP contribution in [-0.4, -0.2) is 55.8 Å². The third-order valence-electron chi connectivity index (χ3n) is 4.39. The Hall–Kier alpha value is -2.54. The van der Waals surface area contributed by atoms with E-state index in [1.807, 2.05) is 30.1 Å². The molecular weight excluding hydrogens is 302 g/mol. The van der Waals surface area contributed by atoms with Crippen molar-refractivity contribution in [2.24, 2.45) is 7.05 Å². The zero-order chi connectivity index (χ0) is 16.4. The third-order valence-corrected chi connectivity index (χ3v) is 4.39. The van der Waals surface area contributed by atoms with Crippen molar-refractivity contribution in [1.29, 1.82) is 0 Å². The second-order valence-electron chi connectivity index (χ2n) is 6.21. The van der Waals surface area contributed by atoms with E-state index in [2.05, 4.69) is 36.0 Å². The van der Waals surface area contributed by atoms with Crippen molar-refractivity contribution in [3.05, 3.63) is 42.5 Å². The molecule has 1 fully saturated rings. The highest BCUT2D eigenvalue weighted by Crippen LogP contribution is 2.17. The molecule has 0 radical (unpaired) electrons. The molecule has 3 aromatic heterocycles. The number of aryl methyl sites for hydroxylation is 1. The van der Waals surface area contributed by atoms with Crippen LogP contribution in [0.15, 0.2) is 36.9 Å². The lowest BCUT2D eigenvalue weighted by Gasteiger charge is -2.22. The summed E-state index contributed by atoms with van der Waals surface area (Å²) >= 11 is 0. The Morgan fingerprint density at radius 2 is 1.96 bits per heavy atom. The zero-order valence-electron chi connectivity index (χ0n) is 13.8. The quantitative estimate of drug-likeness (QED) is 0.727. The molecule has 0 spiro atoms. The van der Waals surface area contributed by atoms with Crippen LogP contribution in [0.1, 0.15) is 12.0 Å². The molecule has 3 aromatic rings. The maximum absolute atomic E-state index is 4.67. The van der Waals surface area contributed by atoms with Gasteiger partial charge in [-0.1, -0.05) is 0 Å². The van der Waals surface area contributed by atoms with Crippen molar-refractivity contribution in [3.63, 3.8) is 0 Å². The van der Waals surface area contributed by atoms with Gasteiger partial charge in [0.25, 0.3) is 0 Å². The molecule has 4 heterocycles. The molecule has 1 aliphatic heterocycles.